The fourth-order valence-electron chi connectivity index (χ4n) is 3.78. The Kier molecular flexibility index (Phi) is 6.07. The number of hydrogen-bond donors (Lipinski definition) is 3. The molecule has 0 aliphatic rings. The molecule has 1 heterocycles. The second-order valence-corrected chi connectivity index (χ2v) is 7.63. The van der Waals surface area contributed by atoms with Crippen LogP contribution in [0.1, 0.15) is 36.8 Å². The van der Waals surface area contributed by atoms with Crippen LogP contribution in [0.5, 0.6) is 11.5 Å². The van der Waals surface area contributed by atoms with Crippen molar-refractivity contribution in [3.8, 4) is 22.8 Å². The van der Waals surface area contributed by atoms with Gasteiger partial charge in [0.1, 0.15) is 11.5 Å². The van der Waals surface area contributed by atoms with Crippen LogP contribution in [0.3, 0.4) is 0 Å². The molecular formula is C23H30N2O2. The lowest BCUT2D eigenvalue weighted by Gasteiger charge is -2.10. The number of nitrogens with one attached hydrogen (secondary N) is 1. The van der Waals surface area contributed by atoms with Crippen molar-refractivity contribution in [2.45, 2.75) is 39.0 Å². The summed E-state index contributed by atoms with van der Waals surface area (Å²) in [5.74, 6) is 0.648. The number of aryl methyl sites for hydroxylation is 2. The topological polar surface area (TPSA) is 59.5 Å². The summed E-state index contributed by atoms with van der Waals surface area (Å²) in [7, 11) is 4.22. The van der Waals surface area contributed by atoms with Gasteiger partial charge in [-0.05, 0) is 94.4 Å². The number of nitrogens with zero attached hydrogens (tertiary/aromatic N) is 1. The molecule has 0 radical (unpaired) electrons. The molecule has 27 heavy (non-hydrogen) atoms. The maximum absolute atomic E-state index is 10.5. The molecule has 1 aromatic heterocycles. The number of benzene rings is 2. The van der Waals surface area contributed by atoms with Crippen molar-refractivity contribution >= 4 is 10.9 Å². The number of fused-ring (bicyclic) bond motifs is 1. The van der Waals surface area contributed by atoms with E-state index in [1.807, 2.05) is 18.2 Å². The van der Waals surface area contributed by atoms with E-state index >= 15 is 0 Å². The van der Waals surface area contributed by atoms with Crippen LogP contribution in [0.15, 0.2) is 36.4 Å². The zero-order valence-electron chi connectivity index (χ0n) is 16.5. The van der Waals surface area contributed by atoms with Crippen LogP contribution in [0, 0.1) is 6.92 Å². The standard InChI is InChI=1S/C23H30N2O2/c1-16-22-19(8-6-4-5-7-15-25(2)3)21(27)14-13-20(22)24-23(16)17-9-11-18(26)12-10-17/h9-14,24,26-27H,4-8,15H2,1-3H3. The van der Waals surface area contributed by atoms with Gasteiger partial charge in [-0.15, -0.1) is 0 Å². The van der Waals surface area contributed by atoms with Crippen LogP contribution in [-0.2, 0) is 6.42 Å². The molecule has 0 aliphatic carbocycles. The lowest BCUT2D eigenvalue weighted by atomic mass is 9.98. The van der Waals surface area contributed by atoms with E-state index in [1.165, 1.54) is 19.3 Å². The first kappa shape index (κ1) is 19.3. The van der Waals surface area contributed by atoms with Crippen molar-refractivity contribution in [2.75, 3.05) is 20.6 Å². The smallest absolute Gasteiger partial charge is 0.119 e. The second kappa shape index (κ2) is 8.49. The van der Waals surface area contributed by atoms with Crippen molar-refractivity contribution in [3.63, 3.8) is 0 Å². The van der Waals surface area contributed by atoms with E-state index in [4.69, 9.17) is 0 Å². The average molecular weight is 367 g/mol. The minimum Gasteiger partial charge on any atom is -0.508 e. The third kappa shape index (κ3) is 4.45. The molecule has 4 nitrogen and oxygen atoms in total. The first-order valence-corrected chi connectivity index (χ1v) is 9.74. The molecule has 0 amide bonds. The molecule has 0 bridgehead atoms. The summed E-state index contributed by atoms with van der Waals surface area (Å²) >= 11 is 0. The number of phenols is 2. The third-order valence-corrected chi connectivity index (χ3v) is 5.24. The number of unbranched alkanes of at least 4 members (excludes halogenated alkanes) is 3. The Morgan fingerprint density at radius 1 is 0.889 bits per heavy atom. The van der Waals surface area contributed by atoms with Gasteiger partial charge in [0, 0.05) is 22.2 Å². The Bertz CT molecular complexity index is 895. The molecule has 0 unspecified atom stereocenters. The van der Waals surface area contributed by atoms with E-state index in [0.29, 0.717) is 5.75 Å². The highest BCUT2D eigenvalue weighted by Crippen LogP contribution is 2.36. The Labute approximate surface area is 161 Å². The number of aromatic hydroxyl groups is 2. The predicted octanol–water partition coefficient (Wildman–Crippen LogP) is 5.22. The number of rotatable bonds is 8. The number of hydrogen-bond acceptors (Lipinski definition) is 3. The second-order valence-electron chi connectivity index (χ2n) is 7.63. The summed E-state index contributed by atoms with van der Waals surface area (Å²) in [6, 6.07) is 11.0. The van der Waals surface area contributed by atoms with E-state index in [2.05, 4.69) is 30.9 Å². The average Bonchev–Trinajstić information content (AvgIpc) is 2.97. The van der Waals surface area contributed by atoms with E-state index in [0.717, 1.165) is 52.7 Å². The van der Waals surface area contributed by atoms with E-state index in [9.17, 15) is 10.2 Å². The van der Waals surface area contributed by atoms with Crippen molar-refractivity contribution in [1.82, 2.24) is 9.88 Å². The molecule has 3 N–H and O–H groups in total. The molecule has 2 aromatic carbocycles. The molecule has 0 spiro atoms. The molecule has 3 aromatic rings. The molecule has 144 valence electrons. The Morgan fingerprint density at radius 2 is 1.59 bits per heavy atom. The van der Waals surface area contributed by atoms with Gasteiger partial charge in [-0.2, -0.15) is 0 Å². The van der Waals surface area contributed by atoms with E-state index in [-0.39, 0.29) is 5.75 Å². The number of phenolic OH excluding ortho intramolecular Hbond substituents is 2. The van der Waals surface area contributed by atoms with Crippen LogP contribution in [0.2, 0.25) is 0 Å². The van der Waals surface area contributed by atoms with Crippen molar-refractivity contribution < 1.29 is 10.2 Å². The van der Waals surface area contributed by atoms with Gasteiger partial charge in [-0.3, -0.25) is 0 Å². The highest BCUT2D eigenvalue weighted by molar-refractivity contribution is 5.94. The third-order valence-electron chi connectivity index (χ3n) is 5.24. The van der Waals surface area contributed by atoms with Gasteiger partial charge < -0.3 is 20.1 Å². The SMILES string of the molecule is Cc1c(-c2ccc(O)cc2)[nH]c2ccc(O)c(CCCCCCN(C)C)c12. The fourth-order valence-corrected chi connectivity index (χ4v) is 3.78. The van der Waals surface area contributed by atoms with E-state index in [1.54, 1.807) is 18.2 Å². The largest absolute Gasteiger partial charge is 0.508 e. The van der Waals surface area contributed by atoms with Gasteiger partial charge >= 0.3 is 0 Å². The highest BCUT2D eigenvalue weighted by atomic mass is 16.3. The number of aromatic amines is 1. The summed E-state index contributed by atoms with van der Waals surface area (Å²) in [6.45, 7) is 3.23. The zero-order chi connectivity index (χ0) is 19.4. The summed E-state index contributed by atoms with van der Waals surface area (Å²) in [5.41, 5.74) is 5.32. The first-order chi connectivity index (χ1) is 13.0. The molecule has 0 saturated heterocycles. The summed E-state index contributed by atoms with van der Waals surface area (Å²) in [5, 5.41) is 21.1. The molecular weight excluding hydrogens is 336 g/mol. The van der Waals surface area contributed by atoms with Crippen molar-refractivity contribution in [1.29, 1.82) is 0 Å². The van der Waals surface area contributed by atoms with Crippen molar-refractivity contribution in [3.05, 3.63) is 47.5 Å². The van der Waals surface area contributed by atoms with Crippen LogP contribution in [0.4, 0.5) is 0 Å². The van der Waals surface area contributed by atoms with Gasteiger partial charge in [0.05, 0.1) is 0 Å². The lowest BCUT2D eigenvalue weighted by molar-refractivity contribution is 0.390. The predicted molar refractivity (Wildman–Crippen MR) is 113 cm³/mol. The molecule has 3 rings (SSSR count). The van der Waals surface area contributed by atoms with Gasteiger partial charge in [0.15, 0.2) is 0 Å². The summed E-state index contributed by atoms with van der Waals surface area (Å²) in [6.07, 6.45) is 5.59. The monoisotopic (exact) mass is 366 g/mol. The quantitative estimate of drug-likeness (QED) is 0.479. The maximum Gasteiger partial charge on any atom is 0.119 e. The molecule has 0 fully saturated rings. The minimum atomic E-state index is 0.264. The summed E-state index contributed by atoms with van der Waals surface area (Å²) < 4.78 is 0. The van der Waals surface area contributed by atoms with Crippen LogP contribution in [-0.4, -0.2) is 40.7 Å². The van der Waals surface area contributed by atoms with Gasteiger partial charge in [-0.1, -0.05) is 12.8 Å². The zero-order valence-corrected chi connectivity index (χ0v) is 16.5. The fraction of sp³-hybridized carbons (Fsp3) is 0.391. The molecule has 0 saturated carbocycles. The minimum absolute atomic E-state index is 0.264. The first-order valence-electron chi connectivity index (χ1n) is 9.74. The van der Waals surface area contributed by atoms with Crippen LogP contribution >= 0.6 is 0 Å². The maximum atomic E-state index is 10.5. The van der Waals surface area contributed by atoms with Crippen LogP contribution in [0.25, 0.3) is 22.2 Å². The van der Waals surface area contributed by atoms with Crippen LogP contribution < -0.4 is 0 Å². The number of H-pyrrole nitrogens is 1. The van der Waals surface area contributed by atoms with Gasteiger partial charge in [-0.25, -0.2) is 0 Å². The molecule has 0 aliphatic heterocycles. The highest BCUT2D eigenvalue weighted by Gasteiger charge is 2.15. The van der Waals surface area contributed by atoms with Crippen molar-refractivity contribution in [2.24, 2.45) is 0 Å². The molecule has 0 atom stereocenters. The van der Waals surface area contributed by atoms with E-state index < -0.39 is 0 Å². The molecule has 4 heteroatoms. The van der Waals surface area contributed by atoms with Gasteiger partial charge in [0.25, 0.3) is 0 Å². The lowest BCUT2D eigenvalue weighted by Crippen LogP contribution is -2.12. The van der Waals surface area contributed by atoms with Gasteiger partial charge in [0.2, 0.25) is 0 Å². The normalized spacial score (nSPS) is 11.6. The summed E-state index contributed by atoms with van der Waals surface area (Å²) in [4.78, 5) is 5.71. The Hall–Kier alpha value is -2.46. The Balaban J connectivity index is 1.81. The Morgan fingerprint density at radius 3 is 2.30 bits per heavy atom. The number of aromatic nitrogens is 1.